The molecule has 0 radical (unpaired) electrons. The molecular weight excluding hydrogens is 357 g/mol. The van der Waals surface area contributed by atoms with Crippen molar-refractivity contribution >= 4 is 16.7 Å². The Bertz CT molecular complexity index is 1070. The molecule has 0 atom stereocenters. The number of anilines is 1. The summed E-state index contributed by atoms with van der Waals surface area (Å²) < 4.78 is 15.1. The largest absolute Gasteiger partial charge is 0.367 e. The summed E-state index contributed by atoms with van der Waals surface area (Å²) in [5.74, 6) is 0.976. The Morgan fingerprint density at radius 2 is 1.82 bits per heavy atom. The highest BCUT2D eigenvalue weighted by Gasteiger charge is 2.28. The molecule has 2 heterocycles. The Morgan fingerprint density at radius 1 is 1.00 bits per heavy atom. The predicted octanol–water partition coefficient (Wildman–Crippen LogP) is 3.80. The zero-order chi connectivity index (χ0) is 19.1. The van der Waals surface area contributed by atoms with Crippen molar-refractivity contribution in [1.82, 2.24) is 19.7 Å². The number of hydrogen-bond acceptors (Lipinski definition) is 5. The van der Waals surface area contributed by atoms with Crippen LogP contribution in [0.1, 0.15) is 56.2 Å². The number of hydrogen-bond donors (Lipinski definition) is 1. The molecule has 0 aliphatic heterocycles. The lowest BCUT2D eigenvalue weighted by atomic mass is 9.91. The fourth-order valence-electron chi connectivity index (χ4n) is 4.10. The third-order valence-corrected chi connectivity index (χ3v) is 5.82. The van der Waals surface area contributed by atoms with Gasteiger partial charge in [0.25, 0.3) is 5.56 Å². The maximum atomic E-state index is 13.4. The lowest BCUT2D eigenvalue weighted by Crippen LogP contribution is -2.33. The molecule has 1 N–H and O–H groups in total. The van der Waals surface area contributed by atoms with E-state index in [4.69, 9.17) is 0 Å². The summed E-state index contributed by atoms with van der Waals surface area (Å²) in [6, 6.07) is 8.53. The van der Waals surface area contributed by atoms with E-state index in [0.29, 0.717) is 11.4 Å². The number of aromatic nitrogens is 4. The van der Waals surface area contributed by atoms with Crippen molar-refractivity contribution in [2.45, 2.75) is 56.5 Å². The van der Waals surface area contributed by atoms with E-state index in [2.05, 4.69) is 20.4 Å². The number of nitrogens with zero attached hydrogens (tertiary/aromatic N) is 4. The van der Waals surface area contributed by atoms with Gasteiger partial charge in [-0.25, -0.2) is 19.0 Å². The number of nitrogens with one attached hydrogen (secondary N) is 1. The first-order valence-electron chi connectivity index (χ1n) is 9.94. The molecule has 0 unspecified atom stereocenters. The van der Waals surface area contributed by atoms with Crippen LogP contribution in [0.15, 0.2) is 41.5 Å². The second-order valence-corrected chi connectivity index (χ2v) is 7.85. The van der Waals surface area contributed by atoms with Gasteiger partial charge in [0.15, 0.2) is 0 Å². The quantitative estimate of drug-likeness (QED) is 0.746. The van der Waals surface area contributed by atoms with Crippen LogP contribution in [0.2, 0.25) is 0 Å². The molecule has 2 aliphatic rings. The first kappa shape index (κ1) is 17.3. The van der Waals surface area contributed by atoms with Gasteiger partial charge in [-0.15, -0.1) is 0 Å². The first-order valence-corrected chi connectivity index (χ1v) is 9.94. The average Bonchev–Trinajstić information content (AvgIpc) is 3.54. The van der Waals surface area contributed by atoms with Crippen molar-refractivity contribution in [2.24, 2.45) is 0 Å². The van der Waals surface area contributed by atoms with Gasteiger partial charge in [0.1, 0.15) is 18.0 Å². The normalized spacial score (nSPS) is 22.3. The van der Waals surface area contributed by atoms with E-state index in [1.165, 1.54) is 31.3 Å². The van der Waals surface area contributed by atoms with E-state index in [0.717, 1.165) is 42.6 Å². The van der Waals surface area contributed by atoms with Gasteiger partial charge in [-0.2, -0.15) is 5.10 Å². The molecular formula is C21H22FN5O. The van der Waals surface area contributed by atoms with E-state index in [-0.39, 0.29) is 23.5 Å². The van der Waals surface area contributed by atoms with Crippen molar-refractivity contribution in [3.05, 3.63) is 58.5 Å². The summed E-state index contributed by atoms with van der Waals surface area (Å²) in [6.07, 6.45) is 7.48. The minimum atomic E-state index is -0.302. The highest BCUT2D eigenvalue weighted by Crippen LogP contribution is 2.39. The van der Waals surface area contributed by atoms with Crippen LogP contribution in [0.5, 0.6) is 0 Å². The molecule has 2 saturated carbocycles. The molecule has 0 saturated heterocycles. The lowest BCUT2D eigenvalue weighted by Gasteiger charge is -2.30. The molecule has 2 fully saturated rings. The summed E-state index contributed by atoms with van der Waals surface area (Å²) in [5.41, 5.74) is 1.64. The zero-order valence-electron chi connectivity index (χ0n) is 15.5. The number of fused-ring (bicyclic) bond motifs is 1. The monoisotopic (exact) mass is 379 g/mol. The lowest BCUT2D eigenvalue weighted by molar-refractivity contribution is 0.301. The molecule has 28 heavy (non-hydrogen) atoms. The second-order valence-electron chi connectivity index (χ2n) is 7.85. The number of rotatable bonds is 4. The van der Waals surface area contributed by atoms with Gasteiger partial charge in [-0.1, -0.05) is 0 Å². The van der Waals surface area contributed by atoms with Gasteiger partial charge < -0.3 is 5.32 Å². The Morgan fingerprint density at radius 3 is 2.61 bits per heavy atom. The molecule has 5 rings (SSSR count). The molecule has 7 heteroatoms. The summed E-state index contributed by atoms with van der Waals surface area (Å²) in [7, 11) is 0. The van der Waals surface area contributed by atoms with Crippen LogP contribution in [-0.4, -0.2) is 25.8 Å². The van der Waals surface area contributed by atoms with Crippen LogP contribution in [0.25, 0.3) is 10.9 Å². The third kappa shape index (κ3) is 3.37. The van der Waals surface area contributed by atoms with Crippen molar-refractivity contribution in [3.8, 4) is 0 Å². The van der Waals surface area contributed by atoms with E-state index in [9.17, 15) is 9.18 Å². The van der Waals surface area contributed by atoms with E-state index >= 15 is 0 Å². The molecule has 2 aliphatic carbocycles. The van der Waals surface area contributed by atoms with Crippen LogP contribution in [0.3, 0.4) is 0 Å². The standard InChI is InChI=1S/C21H22FN5O/c22-14-3-8-17-19(11-14)23-12-24-21(17)25-15-4-6-16(7-5-15)27-20(28)10-9-18(26-27)13-1-2-13/h3,8-13,15-16H,1-2,4-7H2,(H,23,24,25). The van der Waals surface area contributed by atoms with E-state index in [1.54, 1.807) is 16.8 Å². The van der Waals surface area contributed by atoms with Crippen molar-refractivity contribution in [3.63, 3.8) is 0 Å². The topological polar surface area (TPSA) is 72.7 Å². The number of benzene rings is 1. The van der Waals surface area contributed by atoms with Crippen molar-refractivity contribution in [1.29, 1.82) is 0 Å². The van der Waals surface area contributed by atoms with Crippen LogP contribution in [0.4, 0.5) is 10.2 Å². The number of halogens is 1. The fourth-order valence-corrected chi connectivity index (χ4v) is 4.10. The SMILES string of the molecule is O=c1ccc(C2CC2)nn1C1CCC(Nc2ncnc3cc(F)ccc23)CC1. The van der Waals surface area contributed by atoms with Crippen molar-refractivity contribution in [2.75, 3.05) is 5.32 Å². The molecule has 6 nitrogen and oxygen atoms in total. The highest BCUT2D eigenvalue weighted by molar-refractivity contribution is 5.88. The molecule has 2 aromatic heterocycles. The van der Waals surface area contributed by atoms with Gasteiger partial charge >= 0.3 is 0 Å². The van der Waals surface area contributed by atoms with Crippen LogP contribution >= 0.6 is 0 Å². The minimum absolute atomic E-state index is 0.00960. The maximum absolute atomic E-state index is 13.4. The highest BCUT2D eigenvalue weighted by atomic mass is 19.1. The Labute approximate surface area is 161 Å². The van der Waals surface area contributed by atoms with Gasteiger partial charge in [-0.3, -0.25) is 4.79 Å². The predicted molar refractivity (Wildman–Crippen MR) is 105 cm³/mol. The molecule has 0 bridgehead atoms. The van der Waals surface area contributed by atoms with Gasteiger partial charge in [0.05, 0.1) is 17.3 Å². The average molecular weight is 379 g/mol. The molecule has 144 valence electrons. The van der Waals surface area contributed by atoms with Gasteiger partial charge in [0, 0.05) is 29.5 Å². The Hall–Kier alpha value is -2.83. The molecule has 3 aromatic rings. The van der Waals surface area contributed by atoms with E-state index in [1.807, 2.05) is 6.07 Å². The Kier molecular flexibility index (Phi) is 4.30. The smallest absolute Gasteiger partial charge is 0.267 e. The summed E-state index contributed by atoms with van der Waals surface area (Å²) in [5, 5.41) is 8.95. The third-order valence-electron chi connectivity index (χ3n) is 5.82. The fraction of sp³-hybridized carbons (Fsp3) is 0.429. The Balaban J connectivity index is 1.29. The van der Waals surface area contributed by atoms with Gasteiger partial charge in [-0.05, 0) is 56.7 Å². The zero-order valence-corrected chi connectivity index (χ0v) is 15.5. The first-order chi connectivity index (χ1) is 13.7. The van der Waals surface area contributed by atoms with E-state index < -0.39 is 0 Å². The van der Waals surface area contributed by atoms with Crippen molar-refractivity contribution < 1.29 is 4.39 Å². The minimum Gasteiger partial charge on any atom is -0.367 e. The van der Waals surface area contributed by atoms with Crippen LogP contribution in [0, 0.1) is 5.82 Å². The van der Waals surface area contributed by atoms with Gasteiger partial charge in [0.2, 0.25) is 0 Å². The maximum Gasteiger partial charge on any atom is 0.267 e. The molecule has 0 spiro atoms. The summed E-state index contributed by atoms with van der Waals surface area (Å²) >= 11 is 0. The van der Waals surface area contributed by atoms with Crippen LogP contribution < -0.4 is 10.9 Å². The second kappa shape index (κ2) is 6.96. The molecule has 1 aromatic carbocycles. The summed E-state index contributed by atoms with van der Waals surface area (Å²) in [6.45, 7) is 0. The molecule has 0 amide bonds. The van der Waals surface area contributed by atoms with Crippen LogP contribution in [-0.2, 0) is 0 Å². The summed E-state index contributed by atoms with van der Waals surface area (Å²) in [4.78, 5) is 20.8.